The molecule has 11 heavy (non-hydrogen) atoms. The smallest absolute Gasteiger partial charge is 0.250 e. The summed E-state index contributed by atoms with van der Waals surface area (Å²) in [5, 5.41) is 3.23. The Labute approximate surface area is 69.5 Å². The van der Waals surface area contributed by atoms with Gasteiger partial charge in [-0.25, -0.2) is 0 Å². The number of nitrogens with one attached hydrogen (secondary N) is 1. The zero-order chi connectivity index (χ0) is 7.94. The highest BCUT2D eigenvalue weighted by atomic mass is 28.2. The Morgan fingerprint density at radius 1 is 1.36 bits per heavy atom. The van der Waals surface area contributed by atoms with Gasteiger partial charge in [-0.2, -0.15) is 0 Å². The van der Waals surface area contributed by atoms with Crippen molar-refractivity contribution in [1.29, 1.82) is 0 Å². The van der Waals surface area contributed by atoms with Crippen LogP contribution in [0.1, 0.15) is 0 Å². The molecule has 0 saturated carbocycles. The molecule has 0 aliphatic carbocycles. The Kier molecular flexibility index (Phi) is 3.72. The van der Waals surface area contributed by atoms with Crippen molar-refractivity contribution in [1.82, 2.24) is 0 Å². The van der Waals surface area contributed by atoms with Gasteiger partial charge in [-0.1, -0.05) is 18.2 Å². The van der Waals surface area contributed by atoms with Crippen molar-refractivity contribution in [2.75, 3.05) is 18.6 Å². The molecule has 2 nitrogen and oxygen atoms in total. The zero-order valence-electron chi connectivity index (χ0n) is 6.50. The van der Waals surface area contributed by atoms with Gasteiger partial charge in [0.2, 0.25) is 9.76 Å². The number of hydrogen-bond acceptors (Lipinski definition) is 2. The molecule has 1 aromatic rings. The molecule has 0 bridgehead atoms. The van der Waals surface area contributed by atoms with Gasteiger partial charge in [-0.3, -0.25) is 0 Å². The summed E-state index contributed by atoms with van der Waals surface area (Å²) >= 11 is 0. The molecule has 0 amide bonds. The molecule has 0 unspecified atom stereocenters. The topological polar surface area (TPSA) is 21.3 Å². The average molecular weight is 165 g/mol. The fraction of sp³-hybridized carbons (Fsp3) is 0.250. The maximum atomic E-state index is 4.93. The highest BCUT2D eigenvalue weighted by Crippen LogP contribution is 2.02. The van der Waals surface area contributed by atoms with Gasteiger partial charge in [0.05, 0.1) is 0 Å². The van der Waals surface area contributed by atoms with E-state index in [0.717, 1.165) is 11.9 Å². The van der Waals surface area contributed by atoms with E-state index in [1.54, 1.807) is 7.11 Å². The fourth-order valence-corrected chi connectivity index (χ4v) is 1.19. The molecule has 58 valence electrons. The molecule has 0 aliphatic heterocycles. The maximum absolute atomic E-state index is 4.93. The number of anilines is 1. The minimum atomic E-state index is 0.529. The van der Waals surface area contributed by atoms with Crippen molar-refractivity contribution in [3.05, 3.63) is 30.3 Å². The van der Waals surface area contributed by atoms with Crippen LogP contribution in [0.25, 0.3) is 0 Å². The fourth-order valence-electron chi connectivity index (χ4n) is 0.766. The van der Waals surface area contributed by atoms with Crippen LogP contribution in [0.4, 0.5) is 5.69 Å². The predicted octanol–water partition coefficient (Wildman–Crippen LogP) is 1.32. The van der Waals surface area contributed by atoms with E-state index < -0.39 is 0 Å². The molecular formula is C8H11NOSi. The van der Waals surface area contributed by atoms with Crippen LogP contribution in [0, 0.1) is 0 Å². The monoisotopic (exact) mass is 165 g/mol. The van der Waals surface area contributed by atoms with E-state index in [9.17, 15) is 0 Å². The van der Waals surface area contributed by atoms with Gasteiger partial charge < -0.3 is 9.74 Å². The molecule has 0 saturated heterocycles. The largest absolute Gasteiger partial charge is 0.419 e. The van der Waals surface area contributed by atoms with Crippen LogP contribution in [0.3, 0.4) is 0 Å². The third kappa shape index (κ3) is 3.20. The van der Waals surface area contributed by atoms with Crippen molar-refractivity contribution in [3.63, 3.8) is 0 Å². The zero-order valence-corrected chi connectivity index (χ0v) is 7.50. The molecular weight excluding hydrogens is 154 g/mol. The molecule has 0 spiro atoms. The van der Waals surface area contributed by atoms with E-state index in [2.05, 4.69) is 5.32 Å². The molecule has 1 N–H and O–H groups in total. The van der Waals surface area contributed by atoms with Gasteiger partial charge in [0.15, 0.2) is 0 Å². The Morgan fingerprint density at radius 2 is 2.09 bits per heavy atom. The van der Waals surface area contributed by atoms with Gasteiger partial charge >= 0.3 is 0 Å². The Balaban J connectivity index is 2.28. The van der Waals surface area contributed by atoms with E-state index in [1.807, 2.05) is 30.3 Å². The van der Waals surface area contributed by atoms with Crippen LogP contribution in [0.5, 0.6) is 0 Å². The van der Waals surface area contributed by atoms with Gasteiger partial charge in [-0.15, -0.1) is 0 Å². The Hall–Kier alpha value is -0.803. The van der Waals surface area contributed by atoms with Crippen LogP contribution in [-0.4, -0.2) is 23.0 Å². The molecule has 0 heterocycles. The molecule has 0 fully saturated rings. The summed E-state index contributed by atoms with van der Waals surface area (Å²) in [5.41, 5.74) is 1.15. The number of rotatable bonds is 4. The molecule has 1 aromatic carbocycles. The highest BCUT2D eigenvalue weighted by Gasteiger charge is 1.88. The minimum Gasteiger partial charge on any atom is -0.419 e. The lowest BCUT2D eigenvalue weighted by atomic mass is 10.3. The summed E-state index contributed by atoms with van der Waals surface area (Å²) in [6.07, 6.45) is 0.889. The molecule has 0 atom stereocenters. The van der Waals surface area contributed by atoms with Crippen molar-refractivity contribution in [2.45, 2.75) is 0 Å². The predicted molar refractivity (Wildman–Crippen MR) is 47.7 cm³/mol. The molecule has 1 rings (SSSR count). The van der Waals surface area contributed by atoms with E-state index >= 15 is 0 Å². The third-order valence-electron chi connectivity index (χ3n) is 1.28. The Bertz CT molecular complexity index is 191. The van der Waals surface area contributed by atoms with Crippen LogP contribution >= 0.6 is 0 Å². The number of para-hydroxylation sites is 1. The van der Waals surface area contributed by atoms with Crippen molar-refractivity contribution in [3.8, 4) is 0 Å². The van der Waals surface area contributed by atoms with Crippen molar-refractivity contribution in [2.24, 2.45) is 0 Å². The second-order valence-electron chi connectivity index (χ2n) is 2.07. The second kappa shape index (κ2) is 4.93. The van der Waals surface area contributed by atoms with Crippen LogP contribution in [-0.2, 0) is 4.43 Å². The third-order valence-corrected chi connectivity index (χ3v) is 1.89. The highest BCUT2D eigenvalue weighted by molar-refractivity contribution is 6.28. The standard InChI is InChI=1S/C8H11NOSi/c1-10-11-7-9-8-5-3-2-4-6-8/h2-6,9H,7H2,1H3. The number of benzene rings is 1. The summed E-state index contributed by atoms with van der Waals surface area (Å²) in [5.74, 6) is 0. The molecule has 3 heteroatoms. The van der Waals surface area contributed by atoms with Gasteiger partial charge in [0, 0.05) is 19.0 Å². The van der Waals surface area contributed by atoms with Gasteiger partial charge in [-0.05, 0) is 12.1 Å². The van der Waals surface area contributed by atoms with Gasteiger partial charge in [0.1, 0.15) is 0 Å². The first-order chi connectivity index (χ1) is 5.43. The Morgan fingerprint density at radius 3 is 2.73 bits per heavy atom. The lowest BCUT2D eigenvalue weighted by Crippen LogP contribution is -2.10. The normalized spacial score (nSPS) is 9.55. The van der Waals surface area contributed by atoms with Gasteiger partial charge in [0.25, 0.3) is 0 Å². The first-order valence-electron chi connectivity index (χ1n) is 3.48. The van der Waals surface area contributed by atoms with E-state index in [0.29, 0.717) is 9.76 Å². The summed E-state index contributed by atoms with van der Waals surface area (Å²) < 4.78 is 4.93. The lowest BCUT2D eigenvalue weighted by molar-refractivity contribution is 0.443. The maximum Gasteiger partial charge on any atom is 0.250 e. The van der Waals surface area contributed by atoms with Crippen LogP contribution in [0.15, 0.2) is 30.3 Å². The van der Waals surface area contributed by atoms with Crippen molar-refractivity contribution >= 4 is 15.5 Å². The molecule has 0 aromatic heterocycles. The lowest BCUT2D eigenvalue weighted by Gasteiger charge is -2.02. The summed E-state index contributed by atoms with van der Waals surface area (Å²) in [4.78, 5) is 0. The van der Waals surface area contributed by atoms with Crippen molar-refractivity contribution < 1.29 is 4.43 Å². The van der Waals surface area contributed by atoms with E-state index in [-0.39, 0.29) is 0 Å². The van der Waals surface area contributed by atoms with E-state index in [1.165, 1.54) is 0 Å². The van der Waals surface area contributed by atoms with E-state index in [4.69, 9.17) is 4.43 Å². The summed E-state index contributed by atoms with van der Waals surface area (Å²) in [7, 11) is 2.24. The first-order valence-corrected chi connectivity index (χ1v) is 4.60. The summed E-state index contributed by atoms with van der Waals surface area (Å²) in [6, 6.07) is 10.1. The average Bonchev–Trinajstić information content (AvgIpc) is 2.07. The van der Waals surface area contributed by atoms with Crippen LogP contribution in [0.2, 0.25) is 0 Å². The number of hydrogen-bond donors (Lipinski definition) is 1. The van der Waals surface area contributed by atoms with Crippen LogP contribution < -0.4 is 5.32 Å². The quantitative estimate of drug-likeness (QED) is 0.536. The minimum absolute atomic E-state index is 0.529. The first kappa shape index (κ1) is 8.29. The molecule has 0 aliphatic rings. The SMILES string of the molecule is CO[Si]CNc1ccccc1. The summed E-state index contributed by atoms with van der Waals surface area (Å²) in [6.45, 7) is 0. The second-order valence-corrected chi connectivity index (χ2v) is 3.12. The molecule has 2 radical (unpaired) electrons.